The number of aryl methyl sites for hydroxylation is 1. The largest absolute Gasteiger partial charge is 0.357 e. The minimum atomic E-state index is -0.201. The monoisotopic (exact) mass is 462 g/mol. The van der Waals surface area contributed by atoms with Crippen LogP contribution in [0.15, 0.2) is 23.2 Å². The Bertz CT molecular complexity index is 588. The zero-order valence-corrected chi connectivity index (χ0v) is 17.3. The molecule has 0 bridgehead atoms. The van der Waals surface area contributed by atoms with Gasteiger partial charge in [-0.3, -0.25) is 4.79 Å². The van der Waals surface area contributed by atoms with E-state index in [1.54, 1.807) is 19.1 Å². The number of benzene rings is 1. The van der Waals surface area contributed by atoms with Crippen molar-refractivity contribution in [3.05, 3.63) is 35.1 Å². The van der Waals surface area contributed by atoms with Crippen LogP contribution in [0.5, 0.6) is 0 Å². The molecule has 0 spiro atoms. The van der Waals surface area contributed by atoms with Gasteiger partial charge in [-0.25, -0.2) is 9.38 Å². The summed E-state index contributed by atoms with van der Waals surface area (Å²) in [5.74, 6) is 0.673. The molecular formula is C18H28FIN4O. The summed E-state index contributed by atoms with van der Waals surface area (Å²) in [6.07, 6.45) is 2.70. The van der Waals surface area contributed by atoms with Gasteiger partial charge in [0.2, 0.25) is 5.91 Å². The van der Waals surface area contributed by atoms with Crippen LogP contribution >= 0.6 is 24.0 Å². The molecule has 0 aromatic heterocycles. The van der Waals surface area contributed by atoms with Crippen molar-refractivity contribution in [1.29, 1.82) is 0 Å². The third kappa shape index (κ3) is 7.17. The molecular weight excluding hydrogens is 434 g/mol. The molecule has 7 heteroatoms. The van der Waals surface area contributed by atoms with Crippen LogP contribution in [-0.4, -0.2) is 42.9 Å². The number of likely N-dealkylation sites (tertiary alicyclic amines) is 1. The topological polar surface area (TPSA) is 56.7 Å². The number of rotatable bonds is 6. The fraction of sp³-hybridized carbons (Fsp3) is 0.556. The molecule has 25 heavy (non-hydrogen) atoms. The van der Waals surface area contributed by atoms with E-state index in [1.165, 1.54) is 6.07 Å². The maximum Gasteiger partial charge on any atom is 0.224 e. The Morgan fingerprint density at radius 2 is 2.00 bits per heavy atom. The summed E-state index contributed by atoms with van der Waals surface area (Å²) in [6.45, 7) is 7.28. The van der Waals surface area contributed by atoms with E-state index >= 15 is 0 Å². The minimum Gasteiger partial charge on any atom is -0.357 e. The van der Waals surface area contributed by atoms with Gasteiger partial charge in [0.25, 0.3) is 0 Å². The highest BCUT2D eigenvalue weighted by atomic mass is 127. The van der Waals surface area contributed by atoms with Crippen molar-refractivity contribution in [3.63, 3.8) is 0 Å². The van der Waals surface area contributed by atoms with E-state index in [0.29, 0.717) is 31.0 Å². The van der Waals surface area contributed by atoms with E-state index in [-0.39, 0.29) is 35.7 Å². The number of hydrogen-bond acceptors (Lipinski definition) is 2. The molecule has 1 saturated heterocycles. The summed E-state index contributed by atoms with van der Waals surface area (Å²) in [4.78, 5) is 18.4. The smallest absolute Gasteiger partial charge is 0.224 e. The molecule has 0 atom stereocenters. The second-order valence-corrected chi connectivity index (χ2v) is 6.04. The van der Waals surface area contributed by atoms with Gasteiger partial charge in [-0.2, -0.15) is 0 Å². The molecule has 1 amide bonds. The highest BCUT2D eigenvalue weighted by Gasteiger charge is 2.17. The summed E-state index contributed by atoms with van der Waals surface area (Å²) in [5.41, 5.74) is 1.58. The molecule has 1 heterocycles. The highest BCUT2D eigenvalue weighted by molar-refractivity contribution is 14.0. The maximum absolute atomic E-state index is 13.3. The Balaban J connectivity index is 0.00000312. The number of halogens is 2. The maximum atomic E-state index is 13.3. The van der Waals surface area contributed by atoms with Crippen LogP contribution in [0.2, 0.25) is 0 Å². The molecule has 2 N–H and O–H groups in total. The zero-order chi connectivity index (χ0) is 17.4. The Kier molecular flexibility index (Phi) is 9.77. The lowest BCUT2D eigenvalue weighted by Crippen LogP contribution is -2.39. The second-order valence-electron chi connectivity index (χ2n) is 6.04. The van der Waals surface area contributed by atoms with E-state index in [0.717, 1.165) is 38.0 Å². The number of carbonyl (C=O) groups excluding carboxylic acids is 1. The molecule has 2 rings (SSSR count). The number of nitrogens with zero attached hydrogens (tertiary/aromatic N) is 2. The summed E-state index contributed by atoms with van der Waals surface area (Å²) in [6, 6.07) is 5.01. The Labute approximate surface area is 166 Å². The zero-order valence-electron chi connectivity index (χ0n) is 15.0. The Hall–Kier alpha value is -1.38. The van der Waals surface area contributed by atoms with Crippen LogP contribution in [0.4, 0.5) is 4.39 Å². The van der Waals surface area contributed by atoms with Crippen molar-refractivity contribution in [1.82, 2.24) is 15.5 Å². The van der Waals surface area contributed by atoms with Crippen LogP contribution in [0, 0.1) is 12.7 Å². The Morgan fingerprint density at radius 1 is 1.28 bits per heavy atom. The molecule has 140 valence electrons. The molecule has 0 radical (unpaired) electrons. The van der Waals surface area contributed by atoms with Gasteiger partial charge < -0.3 is 15.5 Å². The van der Waals surface area contributed by atoms with Gasteiger partial charge in [0.05, 0.1) is 6.54 Å². The van der Waals surface area contributed by atoms with E-state index in [2.05, 4.69) is 15.6 Å². The van der Waals surface area contributed by atoms with Gasteiger partial charge in [-0.15, -0.1) is 24.0 Å². The average Bonchev–Trinajstić information content (AvgIpc) is 3.10. The van der Waals surface area contributed by atoms with Crippen LogP contribution in [0.25, 0.3) is 0 Å². The number of aliphatic imine (C=N–C) groups is 1. The predicted molar refractivity (Wildman–Crippen MR) is 110 cm³/mol. The first-order valence-electron chi connectivity index (χ1n) is 8.65. The third-order valence-electron chi connectivity index (χ3n) is 4.08. The standard InChI is InChI=1S/C18H27FN4O.HI/c1-3-20-18(21-9-8-17(24)23-10-4-5-11-23)22-13-15-6-7-16(19)14(2)12-15;/h6-7,12H,3-5,8-11,13H2,1-2H3,(H2,20,21,22);1H. The average molecular weight is 462 g/mol. The highest BCUT2D eigenvalue weighted by Crippen LogP contribution is 2.10. The molecule has 0 unspecified atom stereocenters. The normalized spacial score (nSPS) is 14.2. The van der Waals surface area contributed by atoms with Crippen LogP contribution in [-0.2, 0) is 11.3 Å². The summed E-state index contributed by atoms with van der Waals surface area (Å²) >= 11 is 0. The molecule has 1 aromatic carbocycles. The van der Waals surface area contributed by atoms with Crippen molar-refractivity contribution >= 4 is 35.8 Å². The van der Waals surface area contributed by atoms with Gasteiger partial charge in [-0.1, -0.05) is 12.1 Å². The van der Waals surface area contributed by atoms with Gasteiger partial charge in [0, 0.05) is 32.6 Å². The van der Waals surface area contributed by atoms with Gasteiger partial charge in [0.15, 0.2) is 5.96 Å². The molecule has 1 aromatic rings. The number of amides is 1. The molecule has 1 aliphatic heterocycles. The van der Waals surface area contributed by atoms with Crippen molar-refractivity contribution in [2.45, 2.75) is 39.7 Å². The molecule has 0 aliphatic carbocycles. The van der Waals surface area contributed by atoms with Crippen LogP contribution in [0.1, 0.15) is 37.3 Å². The van der Waals surface area contributed by atoms with E-state index < -0.39 is 0 Å². The molecule has 5 nitrogen and oxygen atoms in total. The van der Waals surface area contributed by atoms with E-state index in [9.17, 15) is 9.18 Å². The summed E-state index contributed by atoms with van der Waals surface area (Å²) in [5, 5.41) is 6.35. The summed E-state index contributed by atoms with van der Waals surface area (Å²) in [7, 11) is 0. The minimum absolute atomic E-state index is 0. The Morgan fingerprint density at radius 3 is 2.64 bits per heavy atom. The van der Waals surface area contributed by atoms with Crippen molar-refractivity contribution in [2.24, 2.45) is 4.99 Å². The van der Waals surface area contributed by atoms with E-state index in [1.807, 2.05) is 11.8 Å². The fourth-order valence-corrected chi connectivity index (χ4v) is 2.73. The first-order chi connectivity index (χ1) is 11.6. The molecule has 1 aliphatic rings. The predicted octanol–water partition coefficient (Wildman–Crippen LogP) is 2.82. The quantitative estimate of drug-likeness (QED) is 0.389. The lowest BCUT2D eigenvalue weighted by Gasteiger charge is -2.16. The molecule has 0 saturated carbocycles. The first kappa shape index (κ1) is 21.7. The number of hydrogen-bond donors (Lipinski definition) is 2. The SMILES string of the molecule is CCNC(=NCc1ccc(F)c(C)c1)NCCC(=O)N1CCCC1.I. The van der Waals surface area contributed by atoms with Crippen molar-refractivity contribution in [2.75, 3.05) is 26.2 Å². The van der Waals surface area contributed by atoms with Crippen LogP contribution in [0.3, 0.4) is 0 Å². The number of nitrogens with one attached hydrogen (secondary N) is 2. The fourth-order valence-electron chi connectivity index (χ4n) is 2.73. The third-order valence-corrected chi connectivity index (χ3v) is 4.08. The summed E-state index contributed by atoms with van der Waals surface area (Å²) < 4.78 is 13.3. The second kappa shape index (κ2) is 11.3. The first-order valence-corrected chi connectivity index (χ1v) is 8.65. The molecule has 1 fully saturated rings. The van der Waals surface area contributed by atoms with Gasteiger partial charge in [-0.05, 0) is 43.9 Å². The number of guanidine groups is 1. The van der Waals surface area contributed by atoms with Crippen molar-refractivity contribution in [3.8, 4) is 0 Å². The number of carbonyl (C=O) groups is 1. The van der Waals surface area contributed by atoms with E-state index in [4.69, 9.17) is 0 Å². The van der Waals surface area contributed by atoms with Gasteiger partial charge >= 0.3 is 0 Å². The lowest BCUT2D eigenvalue weighted by molar-refractivity contribution is -0.129. The van der Waals surface area contributed by atoms with Crippen LogP contribution < -0.4 is 10.6 Å². The van der Waals surface area contributed by atoms with Crippen molar-refractivity contribution < 1.29 is 9.18 Å². The van der Waals surface area contributed by atoms with Gasteiger partial charge in [0.1, 0.15) is 5.82 Å². The lowest BCUT2D eigenvalue weighted by atomic mass is 10.1.